The summed E-state index contributed by atoms with van der Waals surface area (Å²) < 4.78 is 19.2. The molecule has 0 aliphatic carbocycles. The van der Waals surface area contributed by atoms with Crippen LogP contribution in [0.25, 0.3) is 11.3 Å². The minimum atomic E-state index is -0.563. The maximum atomic E-state index is 13.7. The third-order valence-corrected chi connectivity index (χ3v) is 3.81. The summed E-state index contributed by atoms with van der Waals surface area (Å²) in [6.07, 6.45) is 2.36. The molecule has 0 spiro atoms. The predicted octanol–water partition coefficient (Wildman–Crippen LogP) is 2.48. The number of nitrogens with one attached hydrogen (secondary N) is 2. The lowest BCUT2D eigenvalue weighted by Gasteiger charge is -2.14. The van der Waals surface area contributed by atoms with Crippen LogP contribution in [0.3, 0.4) is 0 Å². The summed E-state index contributed by atoms with van der Waals surface area (Å²) in [5.41, 5.74) is 0.291. The van der Waals surface area contributed by atoms with Gasteiger partial charge in [0.15, 0.2) is 5.76 Å². The van der Waals surface area contributed by atoms with E-state index in [4.69, 9.17) is 4.42 Å². The van der Waals surface area contributed by atoms with Crippen LogP contribution >= 0.6 is 0 Å². The highest BCUT2D eigenvalue weighted by molar-refractivity contribution is 5.96. The van der Waals surface area contributed by atoms with Crippen molar-refractivity contribution in [2.45, 2.75) is 25.3 Å². The minimum absolute atomic E-state index is 0.0558. The Balaban J connectivity index is 1.74. The predicted molar refractivity (Wildman–Crippen MR) is 82.2 cm³/mol. The maximum Gasteiger partial charge on any atom is 0.287 e. The van der Waals surface area contributed by atoms with Crippen molar-refractivity contribution in [3.8, 4) is 11.3 Å². The van der Waals surface area contributed by atoms with Gasteiger partial charge in [-0.1, -0.05) is 12.1 Å². The van der Waals surface area contributed by atoms with Gasteiger partial charge in [0.25, 0.3) is 5.91 Å². The molecule has 1 fully saturated rings. The Kier molecular flexibility index (Phi) is 4.41. The normalized spacial score (nSPS) is 18.1. The number of halogens is 1. The number of carbonyl (C=O) groups excluding carboxylic acids is 2. The van der Waals surface area contributed by atoms with Crippen molar-refractivity contribution in [3.05, 3.63) is 48.0 Å². The van der Waals surface area contributed by atoms with Crippen LogP contribution in [0.15, 0.2) is 40.8 Å². The molecule has 1 saturated heterocycles. The molecule has 2 amide bonds. The quantitative estimate of drug-likeness (QED) is 0.914. The highest BCUT2D eigenvalue weighted by Gasteiger charge is 2.24. The number of benzene rings is 1. The van der Waals surface area contributed by atoms with E-state index in [0.717, 1.165) is 12.8 Å². The molecule has 1 aromatic heterocycles. The van der Waals surface area contributed by atoms with Crippen molar-refractivity contribution < 1.29 is 18.4 Å². The Morgan fingerprint density at radius 3 is 2.87 bits per heavy atom. The molecule has 0 bridgehead atoms. The van der Waals surface area contributed by atoms with Gasteiger partial charge in [-0.2, -0.15) is 0 Å². The zero-order valence-corrected chi connectivity index (χ0v) is 12.5. The largest absolute Gasteiger partial charge is 0.451 e. The molecule has 120 valence electrons. The second-order valence-corrected chi connectivity index (χ2v) is 5.46. The van der Waals surface area contributed by atoms with Crippen LogP contribution in [0.1, 0.15) is 29.8 Å². The van der Waals surface area contributed by atoms with Gasteiger partial charge in [-0.25, -0.2) is 4.39 Å². The van der Waals surface area contributed by atoms with Crippen molar-refractivity contribution in [3.63, 3.8) is 0 Å². The molecule has 2 aromatic rings. The van der Waals surface area contributed by atoms with Crippen molar-refractivity contribution in [2.75, 3.05) is 6.54 Å². The van der Waals surface area contributed by atoms with Gasteiger partial charge in [-0.3, -0.25) is 9.59 Å². The van der Waals surface area contributed by atoms with Crippen molar-refractivity contribution in [1.29, 1.82) is 0 Å². The zero-order chi connectivity index (χ0) is 16.2. The fourth-order valence-corrected chi connectivity index (χ4v) is 2.57. The van der Waals surface area contributed by atoms with Gasteiger partial charge in [-0.05, 0) is 43.5 Å². The summed E-state index contributed by atoms with van der Waals surface area (Å²) in [7, 11) is 0. The van der Waals surface area contributed by atoms with Gasteiger partial charge >= 0.3 is 0 Å². The smallest absolute Gasteiger partial charge is 0.287 e. The number of hydrogen-bond acceptors (Lipinski definition) is 3. The van der Waals surface area contributed by atoms with Crippen LogP contribution in [0.5, 0.6) is 0 Å². The first-order chi connectivity index (χ1) is 11.1. The number of furan rings is 1. The molecule has 5 nitrogen and oxygen atoms in total. The van der Waals surface area contributed by atoms with Gasteiger partial charge < -0.3 is 15.1 Å². The fourth-order valence-electron chi connectivity index (χ4n) is 2.57. The van der Waals surface area contributed by atoms with E-state index in [-0.39, 0.29) is 17.4 Å². The summed E-state index contributed by atoms with van der Waals surface area (Å²) in [6, 6.07) is 8.64. The molecule has 1 aromatic carbocycles. The average molecular weight is 316 g/mol. The van der Waals surface area contributed by atoms with Gasteiger partial charge in [0.2, 0.25) is 5.91 Å². The van der Waals surface area contributed by atoms with E-state index < -0.39 is 17.8 Å². The Bertz CT molecular complexity index is 726. The van der Waals surface area contributed by atoms with Crippen LogP contribution in [0, 0.1) is 5.82 Å². The first kappa shape index (κ1) is 15.3. The molecule has 2 N–H and O–H groups in total. The molecule has 6 heteroatoms. The number of amides is 2. The summed E-state index contributed by atoms with van der Waals surface area (Å²) in [5.74, 6) is -0.748. The molecular formula is C17H17FN2O3. The number of hydrogen-bond donors (Lipinski definition) is 2. The third kappa shape index (κ3) is 3.41. The van der Waals surface area contributed by atoms with Gasteiger partial charge in [0.1, 0.15) is 17.6 Å². The van der Waals surface area contributed by atoms with E-state index in [9.17, 15) is 14.0 Å². The Morgan fingerprint density at radius 1 is 1.22 bits per heavy atom. The van der Waals surface area contributed by atoms with Gasteiger partial charge in [-0.15, -0.1) is 0 Å². The first-order valence-electron chi connectivity index (χ1n) is 7.58. The van der Waals surface area contributed by atoms with Crippen LogP contribution in [0.4, 0.5) is 4.39 Å². The average Bonchev–Trinajstić information content (AvgIpc) is 2.95. The first-order valence-corrected chi connectivity index (χ1v) is 7.58. The topological polar surface area (TPSA) is 71.3 Å². The van der Waals surface area contributed by atoms with Gasteiger partial charge in [0.05, 0.1) is 5.56 Å². The van der Waals surface area contributed by atoms with Gasteiger partial charge in [0, 0.05) is 6.54 Å². The van der Waals surface area contributed by atoms with Crippen molar-refractivity contribution in [1.82, 2.24) is 10.6 Å². The van der Waals surface area contributed by atoms with Crippen LogP contribution < -0.4 is 10.6 Å². The fraction of sp³-hybridized carbons (Fsp3) is 0.294. The van der Waals surface area contributed by atoms with Crippen LogP contribution in [0.2, 0.25) is 0 Å². The highest BCUT2D eigenvalue weighted by atomic mass is 19.1. The van der Waals surface area contributed by atoms with Crippen molar-refractivity contribution in [2.24, 2.45) is 0 Å². The Hall–Kier alpha value is -2.63. The lowest BCUT2D eigenvalue weighted by molar-refractivity contribution is -0.122. The summed E-state index contributed by atoms with van der Waals surface area (Å²) in [5, 5.41) is 5.42. The maximum absolute atomic E-state index is 13.7. The number of carbonyl (C=O) groups is 2. The molecule has 1 aliphatic rings. The summed E-state index contributed by atoms with van der Waals surface area (Å²) in [6.45, 7) is 0.628. The second-order valence-electron chi connectivity index (χ2n) is 5.46. The number of rotatable bonds is 3. The van der Waals surface area contributed by atoms with E-state index in [1.807, 2.05) is 0 Å². The monoisotopic (exact) mass is 316 g/mol. The van der Waals surface area contributed by atoms with Crippen LogP contribution in [-0.2, 0) is 4.79 Å². The van der Waals surface area contributed by atoms with E-state index in [0.29, 0.717) is 18.5 Å². The molecule has 0 unspecified atom stereocenters. The standard InChI is InChI=1S/C17H17FN2O3/c18-12-6-2-1-5-11(12)14-8-9-15(23-14)17(22)20-13-7-3-4-10-19-16(13)21/h1-2,5-6,8-9,13H,3-4,7,10H2,(H,19,21)(H,20,22)/t13-/m1/s1. The highest BCUT2D eigenvalue weighted by Crippen LogP contribution is 2.24. The molecule has 23 heavy (non-hydrogen) atoms. The summed E-state index contributed by atoms with van der Waals surface area (Å²) >= 11 is 0. The Morgan fingerprint density at radius 2 is 2.04 bits per heavy atom. The second kappa shape index (κ2) is 6.64. The lowest BCUT2D eigenvalue weighted by Crippen LogP contribution is -2.45. The molecule has 2 heterocycles. The zero-order valence-electron chi connectivity index (χ0n) is 12.5. The third-order valence-electron chi connectivity index (χ3n) is 3.81. The van der Waals surface area contributed by atoms with Crippen molar-refractivity contribution >= 4 is 11.8 Å². The van der Waals surface area contributed by atoms with E-state index in [1.165, 1.54) is 12.1 Å². The lowest BCUT2D eigenvalue weighted by atomic mass is 10.1. The molecule has 0 saturated carbocycles. The molecule has 3 rings (SSSR count). The SMILES string of the molecule is O=C(N[C@@H]1CCCCNC1=O)c1ccc(-c2ccccc2F)o1. The Labute approximate surface area is 132 Å². The minimum Gasteiger partial charge on any atom is -0.451 e. The van der Waals surface area contributed by atoms with E-state index in [1.54, 1.807) is 24.3 Å². The molecule has 1 atom stereocenters. The molecule has 0 radical (unpaired) electrons. The molecular weight excluding hydrogens is 299 g/mol. The summed E-state index contributed by atoms with van der Waals surface area (Å²) in [4.78, 5) is 24.1. The molecule has 1 aliphatic heterocycles. The van der Waals surface area contributed by atoms with E-state index >= 15 is 0 Å². The van der Waals surface area contributed by atoms with Crippen LogP contribution in [-0.4, -0.2) is 24.4 Å². The van der Waals surface area contributed by atoms with E-state index in [2.05, 4.69) is 10.6 Å².